The molecular weight excluding hydrogens is 671 g/mol. The second-order valence-electron chi connectivity index (χ2n) is 16.0. The molecule has 0 saturated heterocycles. The maximum Gasteiger partial charge on any atom is 0.268 e. The van der Waals surface area contributed by atoms with Crippen molar-refractivity contribution in [1.29, 1.82) is 0 Å². The highest BCUT2D eigenvalue weighted by atomic mass is 31.2. The van der Waals surface area contributed by atoms with Crippen LogP contribution in [0.5, 0.6) is 0 Å². The Labute approximate surface area is 322 Å². The molecule has 0 aromatic carbocycles. The SMILES string of the molecule is CCCCCCCCCCCCCC/C=C/CC/C=C/C(O)C(COP(=O)([O-])OCC[N+](C)(C)C)NC(=O)CCCCCCCCCCCCCC. The Morgan fingerprint density at radius 3 is 1.56 bits per heavy atom. The highest BCUT2D eigenvalue weighted by Gasteiger charge is 2.23. The van der Waals surface area contributed by atoms with E-state index in [1.54, 1.807) is 6.08 Å². The first-order valence-corrected chi connectivity index (χ1v) is 23.2. The summed E-state index contributed by atoms with van der Waals surface area (Å²) in [5, 5.41) is 13.7. The number of phosphoric ester groups is 1. The van der Waals surface area contributed by atoms with Gasteiger partial charge in [0.1, 0.15) is 13.2 Å². The van der Waals surface area contributed by atoms with Crippen molar-refractivity contribution in [2.75, 3.05) is 40.9 Å². The standard InChI is InChI=1S/C43H85N2O6P/c1-6-8-10-12-14-16-18-20-21-22-23-24-25-26-28-30-32-34-36-42(46)41(40-51-52(48,49)50-39-38-45(3,4)5)44-43(47)37-35-33-31-29-27-19-17-15-13-11-9-7-2/h26,28,34,36,41-42,46H,6-25,27,29-33,35,37-40H2,1-5H3,(H-,44,47,48,49)/b28-26+,36-34+. The van der Waals surface area contributed by atoms with Crippen LogP contribution in [0.4, 0.5) is 0 Å². The highest BCUT2D eigenvalue weighted by molar-refractivity contribution is 7.45. The zero-order chi connectivity index (χ0) is 38.6. The summed E-state index contributed by atoms with van der Waals surface area (Å²) in [6.45, 7) is 4.62. The lowest BCUT2D eigenvalue weighted by Gasteiger charge is -2.29. The fourth-order valence-corrected chi connectivity index (χ4v) is 6.89. The molecule has 52 heavy (non-hydrogen) atoms. The van der Waals surface area contributed by atoms with E-state index in [4.69, 9.17) is 9.05 Å². The average molecular weight is 757 g/mol. The summed E-state index contributed by atoms with van der Waals surface area (Å²) in [6, 6.07) is -0.897. The van der Waals surface area contributed by atoms with E-state index in [9.17, 15) is 19.4 Å². The van der Waals surface area contributed by atoms with Crippen LogP contribution < -0.4 is 10.2 Å². The summed E-state index contributed by atoms with van der Waals surface area (Å²) in [5.41, 5.74) is 0. The van der Waals surface area contributed by atoms with Crippen LogP contribution in [0.3, 0.4) is 0 Å². The van der Waals surface area contributed by atoms with Crippen LogP contribution in [-0.2, 0) is 18.4 Å². The number of hydrogen-bond donors (Lipinski definition) is 2. The van der Waals surface area contributed by atoms with Gasteiger partial charge >= 0.3 is 0 Å². The van der Waals surface area contributed by atoms with Crippen molar-refractivity contribution in [2.45, 2.75) is 206 Å². The van der Waals surface area contributed by atoms with Gasteiger partial charge in [0.15, 0.2) is 0 Å². The molecule has 0 aliphatic rings. The summed E-state index contributed by atoms with van der Waals surface area (Å²) in [7, 11) is 1.25. The molecule has 0 heterocycles. The predicted octanol–water partition coefficient (Wildman–Crippen LogP) is 11.1. The van der Waals surface area contributed by atoms with Gasteiger partial charge in [0.2, 0.25) is 5.91 Å². The van der Waals surface area contributed by atoms with E-state index in [1.807, 2.05) is 27.2 Å². The number of likely N-dealkylation sites (N-methyl/N-ethyl adjacent to an activating group) is 1. The van der Waals surface area contributed by atoms with E-state index in [0.717, 1.165) is 38.5 Å². The number of nitrogens with one attached hydrogen (secondary N) is 1. The fraction of sp³-hybridized carbons (Fsp3) is 0.884. The maximum atomic E-state index is 12.8. The molecule has 0 aromatic rings. The number of phosphoric acid groups is 1. The number of aliphatic hydroxyl groups excluding tert-OH is 1. The first kappa shape index (κ1) is 51.0. The number of unbranched alkanes of at least 4 members (excludes halogenated alkanes) is 24. The maximum absolute atomic E-state index is 12.8. The van der Waals surface area contributed by atoms with Gasteiger partial charge in [0.25, 0.3) is 7.82 Å². The van der Waals surface area contributed by atoms with Crippen molar-refractivity contribution in [2.24, 2.45) is 0 Å². The van der Waals surface area contributed by atoms with Gasteiger partial charge in [-0.05, 0) is 32.1 Å². The molecule has 2 N–H and O–H groups in total. The van der Waals surface area contributed by atoms with Crippen molar-refractivity contribution in [3.8, 4) is 0 Å². The second kappa shape index (κ2) is 35.7. The van der Waals surface area contributed by atoms with Crippen LogP contribution in [0.15, 0.2) is 24.3 Å². The number of aliphatic hydroxyl groups is 1. The molecule has 0 bridgehead atoms. The third-order valence-corrected chi connectivity index (χ3v) is 10.6. The molecule has 8 nitrogen and oxygen atoms in total. The van der Waals surface area contributed by atoms with Gasteiger partial charge < -0.3 is 28.8 Å². The third-order valence-electron chi connectivity index (χ3n) is 9.66. The van der Waals surface area contributed by atoms with Crippen molar-refractivity contribution >= 4 is 13.7 Å². The van der Waals surface area contributed by atoms with Crippen LogP contribution in [0.25, 0.3) is 0 Å². The molecule has 0 aliphatic heterocycles. The van der Waals surface area contributed by atoms with Crippen LogP contribution in [-0.4, -0.2) is 68.5 Å². The number of rotatable bonds is 39. The average Bonchev–Trinajstić information content (AvgIpc) is 3.09. The topological polar surface area (TPSA) is 108 Å². The lowest BCUT2D eigenvalue weighted by Crippen LogP contribution is -2.45. The molecular formula is C43H85N2O6P. The fourth-order valence-electron chi connectivity index (χ4n) is 6.17. The first-order chi connectivity index (χ1) is 25.0. The van der Waals surface area contributed by atoms with Gasteiger partial charge in [-0.2, -0.15) is 0 Å². The van der Waals surface area contributed by atoms with Gasteiger partial charge in [-0.25, -0.2) is 0 Å². The van der Waals surface area contributed by atoms with Crippen molar-refractivity contribution in [3.63, 3.8) is 0 Å². The summed E-state index contributed by atoms with van der Waals surface area (Å²) in [5.74, 6) is -0.208. The Morgan fingerprint density at radius 1 is 0.654 bits per heavy atom. The number of carbonyl (C=O) groups excluding carboxylic acids is 1. The molecule has 9 heteroatoms. The van der Waals surface area contributed by atoms with E-state index >= 15 is 0 Å². The zero-order valence-corrected chi connectivity index (χ0v) is 35.7. The normalized spacial score (nSPS) is 14.7. The van der Waals surface area contributed by atoms with Crippen molar-refractivity contribution in [3.05, 3.63) is 24.3 Å². The van der Waals surface area contributed by atoms with Gasteiger partial charge in [-0.15, -0.1) is 0 Å². The lowest BCUT2D eigenvalue weighted by atomic mass is 10.0. The summed E-state index contributed by atoms with van der Waals surface area (Å²) < 4.78 is 23.1. The minimum absolute atomic E-state index is 0.00442. The molecule has 0 radical (unpaired) electrons. The molecule has 0 rings (SSSR count). The Balaban J connectivity index is 4.47. The minimum Gasteiger partial charge on any atom is -0.756 e. The van der Waals surface area contributed by atoms with Gasteiger partial charge in [0, 0.05) is 6.42 Å². The number of hydrogen-bond acceptors (Lipinski definition) is 6. The molecule has 3 atom stereocenters. The van der Waals surface area contributed by atoms with Crippen molar-refractivity contribution < 1.29 is 32.9 Å². The second-order valence-corrected chi connectivity index (χ2v) is 17.5. The highest BCUT2D eigenvalue weighted by Crippen LogP contribution is 2.38. The quantitative estimate of drug-likeness (QED) is 0.0280. The van der Waals surface area contributed by atoms with E-state index < -0.39 is 20.0 Å². The molecule has 308 valence electrons. The van der Waals surface area contributed by atoms with E-state index in [0.29, 0.717) is 17.4 Å². The zero-order valence-electron chi connectivity index (χ0n) is 34.8. The molecule has 1 amide bonds. The molecule has 3 unspecified atom stereocenters. The molecule has 0 aliphatic carbocycles. The van der Waals surface area contributed by atoms with Gasteiger partial charge in [0.05, 0.1) is 39.9 Å². The summed E-state index contributed by atoms with van der Waals surface area (Å²) >= 11 is 0. The van der Waals surface area contributed by atoms with E-state index in [-0.39, 0.29) is 19.1 Å². The number of amides is 1. The summed E-state index contributed by atoms with van der Waals surface area (Å²) in [4.78, 5) is 25.2. The monoisotopic (exact) mass is 757 g/mol. The van der Waals surface area contributed by atoms with E-state index in [2.05, 4.69) is 31.3 Å². The summed E-state index contributed by atoms with van der Waals surface area (Å²) in [6.07, 6.45) is 40.8. The minimum atomic E-state index is -4.59. The third kappa shape index (κ3) is 37.3. The molecule has 0 saturated carbocycles. The largest absolute Gasteiger partial charge is 0.756 e. The first-order valence-electron chi connectivity index (χ1n) is 21.7. The Kier molecular flexibility index (Phi) is 35.0. The lowest BCUT2D eigenvalue weighted by molar-refractivity contribution is -0.870. The van der Waals surface area contributed by atoms with Gasteiger partial charge in [-0.1, -0.05) is 179 Å². The number of nitrogens with zero attached hydrogens (tertiary/aromatic N) is 1. The number of carbonyl (C=O) groups is 1. The molecule has 0 aromatic heterocycles. The van der Waals surface area contributed by atoms with Crippen molar-refractivity contribution in [1.82, 2.24) is 5.32 Å². The smallest absolute Gasteiger partial charge is 0.268 e. The van der Waals surface area contributed by atoms with Crippen LogP contribution in [0.2, 0.25) is 0 Å². The van der Waals surface area contributed by atoms with Gasteiger partial charge in [-0.3, -0.25) is 9.36 Å². The Hall–Kier alpha value is -1.02. The van der Waals surface area contributed by atoms with Crippen LogP contribution in [0, 0.1) is 0 Å². The number of allylic oxidation sites excluding steroid dienone is 3. The predicted molar refractivity (Wildman–Crippen MR) is 219 cm³/mol. The van der Waals surface area contributed by atoms with Crippen LogP contribution in [0.1, 0.15) is 194 Å². The van der Waals surface area contributed by atoms with E-state index in [1.165, 1.54) is 135 Å². The molecule has 0 fully saturated rings. The van der Waals surface area contributed by atoms with Crippen LogP contribution >= 0.6 is 7.82 Å². The number of quaternary nitrogens is 1. The Morgan fingerprint density at radius 2 is 1.08 bits per heavy atom. The Bertz CT molecular complexity index is 907. The molecule has 0 spiro atoms.